The van der Waals surface area contributed by atoms with Gasteiger partial charge < -0.3 is 10.6 Å². The van der Waals surface area contributed by atoms with Crippen molar-refractivity contribution >= 4 is 45.8 Å². The van der Waals surface area contributed by atoms with E-state index in [1.54, 1.807) is 18.2 Å². The number of fused-ring (bicyclic) bond motifs is 1. The van der Waals surface area contributed by atoms with Crippen LogP contribution in [0.2, 0.25) is 10.0 Å². The maximum Gasteiger partial charge on any atom is 0.239 e. The Balaban J connectivity index is 1.54. The van der Waals surface area contributed by atoms with Crippen LogP contribution >= 0.6 is 23.2 Å². The Morgan fingerprint density at radius 1 is 0.964 bits per heavy atom. The van der Waals surface area contributed by atoms with Gasteiger partial charge in [-0.25, -0.2) is 0 Å². The van der Waals surface area contributed by atoms with Crippen LogP contribution in [0.15, 0.2) is 60.7 Å². The lowest BCUT2D eigenvalue weighted by Gasteiger charge is -2.16. The highest BCUT2D eigenvalue weighted by molar-refractivity contribution is 6.35. The van der Waals surface area contributed by atoms with E-state index < -0.39 is 0 Å². The first kappa shape index (κ1) is 20.2. The van der Waals surface area contributed by atoms with E-state index in [1.807, 2.05) is 49.4 Å². The number of carbonyl (C=O) groups excluding carboxylic acids is 2. The molecule has 0 heterocycles. The van der Waals surface area contributed by atoms with Crippen molar-refractivity contribution in [2.24, 2.45) is 0 Å². The average molecular weight is 415 g/mol. The molecule has 0 saturated carbocycles. The normalized spacial score (nSPS) is 11.8. The Hall–Kier alpha value is -2.56. The minimum Gasteiger partial charge on any atom is -0.348 e. The molecule has 0 fully saturated rings. The topological polar surface area (TPSA) is 58.2 Å². The van der Waals surface area contributed by atoms with Crippen molar-refractivity contribution in [3.8, 4) is 0 Å². The standard InChI is InChI=1S/C22H20Cl2N2O2/c1-14(18-10-9-17(23)12-20(18)24)26-22(28)13-25-21(27)11-16-7-4-6-15-5-2-3-8-19(15)16/h2-10,12,14H,11,13H2,1H3,(H,25,27)(H,26,28)/t14-/m0/s1. The van der Waals surface area contributed by atoms with Gasteiger partial charge in [0, 0.05) is 10.0 Å². The van der Waals surface area contributed by atoms with E-state index in [0.717, 1.165) is 21.9 Å². The molecule has 0 saturated heterocycles. The summed E-state index contributed by atoms with van der Waals surface area (Å²) in [4.78, 5) is 24.5. The number of benzene rings is 3. The van der Waals surface area contributed by atoms with Crippen LogP contribution in [0.25, 0.3) is 10.8 Å². The number of amides is 2. The second-order valence-corrected chi connectivity index (χ2v) is 7.39. The van der Waals surface area contributed by atoms with Gasteiger partial charge in [0.2, 0.25) is 11.8 Å². The fourth-order valence-electron chi connectivity index (χ4n) is 3.08. The highest BCUT2D eigenvalue weighted by Gasteiger charge is 2.14. The molecule has 3 aromatic carbocycles. The molecule has 0 radical (unpaired) electrons. The molecule has 0 bridgehead atoms. The molecule has 2 N–H and O–H groups in total. The van der Waals surface area contributed by atoms with Gasteiger partial charge in [0.25, 0.3) is 0 Å². The van der Waals surface area contributed by atoms with E-state index in [-0.39, 0.29) is 30.8 Å². The Labute approximate surface area is 173 Å². The summed E-state index contributed by atoms with van der Waals surface area (Å²) < 4.78 is 0. The third-order valence-electron chi connectivity index (χ3n) is 4.48. The lowest BCUT2D eigenvalue weighted by atomic mass is 10.0. The number of carbonyl (C=O) groups is 2. The minimum atomic E-state index is -0.299. The molecule has 0 spiro atoms. The third-order valence-corrected chi connectivity index (χ3v) is 5.05. The average Bonchev–Trinajstić information content (AvgIpc) is 2.66. The van der Waals surface area contributed by atoms with E-state index in [4.69, 9.17) is 23.2 Å². The fourth-order valence-corrected chi connectivity index (χ4v) is 3.66. The van der Waals surface area contributed by atoms with Gasteiger partial charge >= 0.3 is 0 Å². The molecule has 0 aliphatic carbocycles. The van der Waals surface area contributed by atoms with Gasteiger partial charge in [0.1, 0.15) is 0 Å². The predicted molar refractivity (Wildman–Crippen MR) is 114 cm³/mol. The molecule has 0 aliphatic heterocycles. The van der Waals surface area contributed by atoms with Gasteiger partial charge in [-0.05, 0) is 41.0 Å². The number of nitrogens with one attached hydrogen (secondary N) is 2. The van der Waals surface area contributed by atoms with E-state index in [1.165, 1.54) is 0 Å². The number of rotatable bonds is 6. The zero-order valence-corrected chi connectivity index (χ0v) is 16.8. The highest BCUT2D eigenvalue weighted by Crippen LogP contribution is 2.26. The third kappa shape index (κ3) is 5.03. The second kappa shape index (κ2) is 9.09. The predicted octanol–water partition coefficient (Wildman–Crippen LogP) is 4.68. The highest BCUT2D eigenvalue weighted by atomic mass is 35.5. The largest absolute Gasteiger partial charge is 0.348 e. The van der Waals surface area contributed by atoms with E-state index in [9.17, 15) is 9.59 Å². The molecule has 6 heteroatoms. The van der Waals surface area contributed by atoms with Crippen molar-refractivity contribution in [1.82, 2.24) is 10.6 Å². The van der Waals surface area contributed by atoms with Crippen LogP contribution < -0.4 is 10.6 Å². The first-order valence-electron chi connectivity index (χ1n) is 8.91. The first-order chi connectivity index (χ1) is 13.4. The van der Waals surface area contributed by atoms with Gasteiger partial charge in [-0.2, -0.15) is 0 Å². The minimum absolute atomic E-state index is 0.0981. The first-order valence-corrected chi connectivity index (χ1v) is 9.67. The van der Waals surface area contributed by atoms with Crippen LogP contribution in [0, 0.1) is 0 Å². The summed E-state index contributed by atoms with van der Waals surface area (Å²) in [6.45, 7) is 1.73. The van der Waals surface area contributed by atoms with Crippen molar-refractivity contribution in [1.29, 1.82) is 0 Å². The van der Waals surface area contributed by atoms with E-state index >= 15 is 0 Å². The quantitative estimate of drug-likeness (QED) is 0.614. The van der Waals surface area contributed by atoms with E-state index in [2.05, 4.69) is 10.6 Å². The van der Waals surface area contributed by atoms with Gasteiger partial charge in [0.05, 0.1) is 19.0 Å². The molecular formula is C22H20Cl2N2O2. The maximum atomic E-state index is 12.3. The lowest BCUT2D eigenvalue weighted by molar-refractivity contribution is -0.126. The molecule has 28 heavy (non-hydrogen) atoms. The Bertz CT molecular complexity index is 1020. The summed E-state index contributed by atoms with van der Waals surface area (Å²) in [6.07, 6.45) is 0.215. The van der Waals surface area contributed by atoms with Crippen molar-refractivity contribution in [3.63, 3.8) is 0 Å². The van der Waals surface area contributed by atoms with Gasteiger partial charge in [-0.3, -0.25) is 9.59 Å². The molecule has 0 aromatic heterocycles. The van der Waals surface area contributed by atoms with Crippen molar-refractivity contribution in [2.75, 3.05) is 6.54 Å². The molecule has 0 aliphatic rings. The van der Waals surface area contributed by atoms with Gasteiger partial charge in [-0.15, -0.1) is 0 Å². The van der Waals surface area contributed by atoms with E-state index in [0.29, 0.717) is 10.0 Å². The summed E-state index contributed by atoms with van der Waals surface area (Å²) >= 11 is 12.1. The van der Waals surface area contributed by atoms with Crippen LogP contribution in [-0.4, -0.2) is 18.4 Å². The molecule has 3 aromatic rings. The lowest BCUT2D eigenvalue weighted by Crippen LogP contribution is -2.38. The van der Waals surface area contributed by atoms with Crippen LogP contribution in [0.3, 0.4) is 0 Å². The SMILES string of the molecule is C[C@H](NC(=O)CNC(=O)Cc1cccc2ccccc12)c1ccc(Cl)cc1Cl. The Morgan fingerprint density at radius 2 is 1.71 bits per heavy atom. The van der Waals surface area contributed by atoms with Crippen molar-refractivity contribution in [3.05, 3.63) is 81.8 Å². The Morgan fingerprint density at radius 3 is 2.50 bits per heavy atom. The molecule has 1 atom stereocenters. The summed E-state index contributed by atoms with van der Waals surface area (Å²) in [6, 6.07) is 18.6. The molecule has 2 amide bonds. The Kier molecular flexibility index (Phi) is 6.55. The summed E-state index contributed by atoms with van der Waals surface area (Å²) in [5.74, 6) is -0.492. The van der Waals surface area contributed by atoms with Crippen LogP contribution in [-0.2, 0) is 16.0 Å². The van der Waals surface area contributed by atoms with Crippen molar-refractivity contribution in [2.45, 2.75) is 19.4 Å². The number of halogens is 2. The summed E-state index contributed by atoms with van der Waals surface area (Å²) in [5.41, 5.74) is 1.69. The molecular weight excluding hydrogens is 395 g/mol. The zero-order valence-electron chi connectivity index (χ0n) is 15.3. The maximum absolute atomic E-state index is 12.3. The number of hydrogen-bond donors (Lipinski definition) is 2. The fraction of sp³-hybridized carbons (Fsp3) is 0.182. The summed E-state index contributed by atoms with van der Waals surface area (Å²) in [7, 11) is 0. The molecule has 3 rings (SSSR count). The smallest absolute Gasteiger partial charge is 0.239 e. The van der Waals surface area contributed by atoms with Gasteiger partial charge in [0.15, 0.2) is 0 Å². The molecule has 144 valence electrons. The van der Waals surface area contributed by atoms with Crippen LogP contribution in [0.5, 0.6) is 0 Å². The molecule has 4 nitrogen and oxygen atoms in total. The van der Waals surface area contributed by atoms with Gasteiger partial charge in [-0.1, -0.05) is 71.7 Å². The van der Waals surface area contributed by atoms with Crippen molar-refractivity contribution < 1.29 is 9.59 Å². The summed E-state index contributed by atoms with van der Waals surface area (Å²) in [5, 5.41) is 8.64. The number of hydrogen-bond acceptors (Lipinski definition) is 2. The van der Waals surface area contributed by atoms with Crippen LogP contribution in [0.1, 0.15) is 24.1 Å². The monoisotopic (exact) mass is 414 g/mol. The molecule has 0 unspecified atom stereocenters. The zero-order chi connectivity index (χ0) is 20.1. The van der Waals surface area contributed by atoms with Crippen LogP contribution in [0.4, 0.5) is 0 Å². The second-order valence-electron chi connectivity index (χ2n) is 6.55.